The average Bonchev–Trinajstić information content (AvgIpc) is 3.74. The van der Waals surface area contributed by atoms with Gasteiger partial charge in [-0.1, -0.05) is 45.4 Å². The number of rotatable bonds is 15. The summed E-state index contributed by atoms with van der Waals surface area (Å²) in [5.41, 5.74) is 1.63. The number of benzene rings is 3. The maximum atomic E-state index is 13.4. The Bertz CT molecular complexity index is 2850. The molecule has 7 rings (SSSR count). The standard InChI is InChI=1S/C45H47ClN8O7S/c1-8-62(57,58)52-29-13-15-37(34(20-29)35-26-54(7)40(56)38-33(35)16-17-48-38)60-31-11-9-10-30(21-31)59-19-18-53(6)43-49-24-28(25-50-43)39(55)51-41-44(2,3)42(45(41,4)5)61-32-14-12-27(23-47)36(46)22-32/h9-17,20-22,24-26,41-42,48,52H,8,18-19H2,1-7H3,(H,51,55)/t41-,42-. The van der Waals surface area contributed by atoms with Crippen LogP contribution < -0.4 is 34.7 Å². The van der Waals surface area contributed by atoms with E-state index in [1.54, 1.807) is 93.1 Å². The molecule has 0 saturated heterocycles. The van der Waals surface area contributed by atoms with Crippen molar-refractivity contribution in [2.75, 3.05) is 35.6 Å². The molecule has 0 unspecified atom stereocenters. The van der Waals surface area contributed by atoms with E-state index in [1.165, 1.54) is 17.0 Å². The Labute approximate surface area is 364 Å². The molecule has 322 valence electrons. The molecule has 15 nitrogen and oxygen atoms in total. The van der Waals surface area contributed by atoms with Gasteiger partial charge in [-0.25, -0.2) is 18.4 Å². The second-order valence-electron chi connectivity index (χ2n) is 16.4. The molecular weight excluding hydrogens is 832 g/mol. The number of aromatic nitrogens is 4. The number of amides is 1. The minimum Gasteiger partial charge on any atom is -0.492 e. The van der Waals surface area contributed by atoms with E-state index in [4.69, 9.17) is 25.8 Å². The topological polar surface area (TPSA) is 194 Å². The van der Waals surface area contributed by atoms with Crippen LogP contribution in [0.4, 0.5) is 11.6 Å². The first-order valence-corrected chi connectivity index (χ1v) is 21.9. The number of likely N-dealkylation sites (N-methyl/N-ethyl adjacent to an activating group) is 1. The van der Waals surface area contributed by atoms with Crippen molar-refractivity contribution in [1.29, 1.82) is 5.26 Å². The van der Waals surface area contributed by atoms with Crippen molar-refractivity contribution in [3.63, 3.8) is 0 Å². The highest BCUT2D eigenvalue weighted by Crippen LogP contribution is 2.55. The van der Waals surface area contributed by atoms with Crippen LogP contribution in [0, 0.1) is 22.2 Å². The molecule has 17 heteroatoms. The molecule has 0 radical (unpaired) electrons. The van der Waals surface area contributed by atoms with Gasteiger partial charge in [-0.15, -0.1) is 0 Å². The van der Waals surface area contributed by atoms with Crippen LogP contribution >= 0.6 is 11.6 Å². The molecule has 1 aliphatic rings. The Morgan fingerprint density at radius 3 is 2.42 bits per heavy atom. The summed E-state index contributed by atoms with van der Waals surface area (Å²) in [4.78, 5) is 40.0. The van der Waals surface area contributed by atoms with E-state index in [0.717, 1.165) is 0 Å². The van der Waals surface area contributed by atoms with Crippen molar-refractivity contribution < 1.29 is 27.4 Å². The molecule has 0 aliphatic heterocycles. The number of halogens is 1. The second kappa shape index (κ2) is 17.1. The van der Waals surface area contributed by atoms with Gasteiger partial charge in [0.15, 0.2) is 0 Å². The van der Waals surface area contributed by atoms with E-state index >= 15 is 0 Å². The zero-order valence-corrected chi connectivity index (χ0v) is 36.9. The molecule has 3 N–H and O–H groups in total. The van der Waals surface area contributed by atoms with Gasteiger partial charge in [0.2, 0.25) is 16.0 Å². The van der Waals surface area contributed by atoms with Gasteiger partial charge in [0.25, 0.3) is 11.5 Å². The van der Waals surface area contributed by atoms with Crippen LogP contribution in [0.15, 0.2) is 96.3 Å². The normalized spacial score (nSPS) is 16.4. The van der Waals surface area contributed by atoms with Gasteiger partial charge in [-0.3, -0.25) is 14.3 Å². The fourth-order valence-electron chi connectivity index (χ4n) is 8.23. The van der Waals surface area contributed by atoms with Crippen molar-refractivity contribution >= 4 is 50.1 Å². The van der Waals surface area contributed by atoms with E-state index in [2.05, 4.69) is 31.1 Å². The molecule has 0 spiro atoms. The molecule has 1 aliphatic carbocycles. The van der Waals surface area contributed by atoms with E-state index in [1.807, 2.05) is 39.6 Å². The van der Waals surface area contributed by atoms with Crippen molar-refractivity contribution in [1.82, 2.24) is 24.8 Å². The average molecular weight is 879 g/mol. The number of pyridine rings is 1. The minimum absolute atomic E-state index is 0.0969. The van der Waals surface area contributed by atoms with Gasteiger partial charge < -0.3 is 34.0 Å². The number of aromatic amines is 1. The highest BCUT2D eigenvalue weighted by Gasteiger charge is 2.64. The Morgan fingerprint density at radius 1 is 1.00 bits per heavy atom. The fraction of sp³-hybridized carbons (Fsp3) is 0.311. The Hall–Kier alpha value is -6.57. The number of hydrogen-bond acceptors (Lipinski definition) is 11. The first-order chi connectivity index (χ1) is 29.4. The number of hydrogen-bond donors (Lipinski definition) is 3. The summed E-state index contributed by atoms with van der Waals surface area (Å²) >= 11 is 6.24. The summed E-state index contributed by atoms with van der Waals surface area (Å²) in [5, 5.41) is 13.4. The van der Waals surface area contributed by atoms with E-state index in [9.17, 15) is 23.3 Å². The maximum Gasteiger partial charge on any atom is 0.274 e. The molecular formula is C45H47ClN8O7S. The van der Waals surface area contributed by atoms with Crippen LogP contribution in [0.25, 0.3) is 22.0 Å². The predicted octanol–water partition coefficient (Wildman–Crippen LogP) is 7.53. The van der Waals surface area contributed by atoms with Crippen molar-refractivity contribution in [2.24, 2.45) is 17.9 Å². The molecule has 1 amide bonds. The SMILES string of the molecule is CCS(=O)(=O)Nc1ccc(Oc2cccc(OCCN(C)c3ncc(C(=O)N[C@H]4C(C)(C)[C@H](Oc5ccc(C#N)c(Cl)c5)C4(C)C)cn3)c2)c(-c2cn(C)c(=O)c3[nH]ccc23)c1. The number of nitrogens with zero attached hydrogens (tertiary/aromatic N) is 5. The highest BCUT2D eigenvalue weighted by molar-refractivity contribution is 7.92. The maximum absolute atomic E-state index is 13.4. The third-order valence-corrected chi connectivity index (χ3v) is 12.8. The summed E-state index contributed by atoms with van der Waals surface area (Å²) < 4.78 is 47.8. The molecule has 62 heavy (non-hydrogen) atoms. The van der Waals surface area contributed by atoms with Crippen LogP contribution in [0.3, 0.4) is 0 Å². The van der Waals surface area contributed by atoms with Crippen molar-refractivity contribution in [3.05, 3.63) is 118 Å². The van der Waals surface area contributed by atoms with E-state index in [-0.39, 0.29) is 36.0 Å². The second-order valence-corrected chi connectivity index (χ2v) is 18.8. The quantitative estimate of drug-likeness (QED) is 0.0924. The number of carbonyl (C=O) groups excluding carboxylic acids is 1. The number of fused-ring (bicyclic) bond motifs is 1. The van der Waals surface area contributed by atoms with Gasteiger partial charge >= 0.3 is 0 Å². The third-order valence-electron chi connectivity index (χ3n) is 11.2. The van der Waals surface area contributed by atoms with Gasteiger partial charge in [0.1, 0.15) is 47.3 Å². The lowest BCUT2D eigenvalue weighted by molar-refractivity contribution is -0.164. The summed E-state index contributed by atoms with van der Waals surface area (Å²) in [6.45, 7) is 10.4. The van der Waals surface area contributed by atoms with Crippen molar-refractivity contribution in [3.8, 4) is 40.2 Å². The van der Waals surface area contributed by atoms with Crippen LogP contribution in [0.1, 0.15) is 50.5 Å². The van der Waals surface area contributed by atoms with Gasteiger partial charge in [-0.2, -0.15) is 5.26 Å². The zero-order chi connectivity index (χ0) is 44.6. The van der Waals surface area contributed by atoms with Gasteiger partial charge in [0, 0.05) is 90.1 Å². The highest BCUT2D eigenvalue weighted by atomic mass is 35.5. The number of ether oxygens (including phenoxy) is 3. The Balaban J connectivity index is 0.974. The molecule has 3 aromatic heterocycles. The lowest BCUT2D eigenvalue weighted by Gasteiger charge is -2.63. The zero-order valence-electron chi connectivity index (χ0n) is 35.3. The molecule has 1 saturated carbocycles. The molecule has 1 fully saturated rings. The first kappa shape index (κ1) is 43.5. The smallest absolute Gasteiger partial charge is 0.274 e. The van der Waals surface area contributed by atoms with Crippen molar-refractivity contribution in [2.45, 2.75) is 46.8 Å². The molecule has 0 bridgehead atoms. The fourth-order valence-corrected chi connectivity index (χ4v) is 9.07. The lowest BCUT2D eigenvalue weighted by atomic mass is 9.49. The van der Waals surface area contributed by atoms with E-state index in [0.29, 0.717) is 79.4 Å². The monoisotopic (exact) mass is 878 g/mol. The number of carbonyl (C=O) groups is 1. The Morgan fingerprint density at radius 2 is 1.73 bits per heavy atom. The summed E-state index contributed by atoms with van der Waals surface area (Å²) in [5.74, 6) is 2.02. The van der Waals surface area contributed by atoms with Gasteiger partial charge in [-0.05, 0) is 55.5 Å². The number of anilines is 2. The lowest BCUT2D eigenvalue weighted by Crippen LogP contribution is -2.74. The minimum atomic E-state index is -3.56. The number of nitrogens with one attached hydrogen (secondary N) is 3. The van der Waals surface area contributed by atoms with Crippen LogP contribution in [0.2, 0.25) is 5.02 Å². The summed E-state index contributed by atoms with van der Waals surface area (Å²) in [6.07, 6.45) is 6.13. The largest absolute Gasteiger partial charge is 0.492 e. The van der Waals surface area contributed by atoms with E-state index < -0.39 is 20.9 Å². The molecule has 3 aromatic carbocycles. The predicted molar refractivity (Wildman–Crippen MR) is 239 cm³/mol. The third kappa shape index (κ3) is 8.77. The first-order valence-electron chi connectivity index (χ1n) is 19.8. The van der Waals surface area contributed by atoms with Crippen LogP contribution in [-0.2, 0) is 17.1 Å². The molecule has 6 aromatic rings. The molecule has 0 atom stereocenters. The Kier molecular flexibility index (Phi) is 12.0. The number of nitriles is 1. The van der Waals surface area contributed by atoms with Gasteiger partial charge in [0.05, 0.1) is 28.4 Å². The summed E-state index contributed by atoms with van der Waals surface area (Å²) in [7, 11) is -0.0889. The van der Waals surface area contributed by atoms with Crippen LogP contribution in [0.5, 0.6) is 23.0 Å². The van der Waals surface area contributed by atoms with Crippen LogP contribution in [-0.4, -0.2) is 71.9 Å². The molecule has 3 heterocycles. The number of sulfonamides is 1. The number of H-pyrrole nitrogens is 1. The number of aryl methyl sites for hydroxylation is 1. The summed E-state index contributed by atoms with van der Waals surface area (Å²) in [6, 6.07) is 20.7.